The molecule has 2 heterocycles. The average Bonchev–Trinajstić information content (AvgIpc) is 2.55. The van der Waals surface area contributed by atoms with Crippen LogP contribution in [0.5, 0.6) is 0 Å². The highest BCUT2D eigenvalue weighted by Crippen LogP contribution is 2.21. The second kappa shape index (κ2) is 5.85. The Kier molecular flexibility index (Phi) is 3.90. The van der Waals surface area contributed by atoms with E-state index in [0.717, 1.165) is 22.6 Å². The number of pyridine rings is 2. The summed E-state index contributed by atoms with van der Waals surface area (Å²) < 4.78 is 0. The highest BCUT2D eigenvalue weighted by molar-refractivity contribution is 6.88. The van der Waals surface area contributed by atoms with Crippen molar-refractivity contribution in [1.29, 1.82) is 0 Å². The Bertz CT molecular complexity index is 759. The van der Waals surface area contributed by atoms with Crippen LogP contribution >= 0.6 is 0 Å². The second-order valence-electron chi connectivity index (χ2n) is 6.46. The number of hydrogen-bond donors (Lipinski definition) is 0. The predicted molar refractivity (Wildman–Crippen MR) is 95.9 cm³/mol. The third-order valence-corrected chi connectivity index (χ3v) is 5.74. The fourth-order valence-corrected chi connectivity index (χ4v) is 3.37. The zero-order valence-corrected chi connectivity index (χ0v) is 14.2. The fourth-order valence-electron chi connectivity index (χ4n) is 2.34. The summed E-state index contributed by atoms with van der Waals surface area (Å²) in [7, 11) is -1.30. The lowest BCUT2D eigenvalue weighted by Gasteiger charge is -2.16. The van der Waals surface area contributed by atoms with Gasteiger partial charge in [0.15, 0.2) is 0 Å². The van der Waals surface area contributed by atoms with Crippen molar-refractivity contribution in [3.63, 3.8) is 0 Å². The molecule has 2 nitrogen and oxygen atoms in total. The Hall–Kier alpha value is -2.26. The number of rotatable bonds is 3. The van der Waals surface area contributed by atoms with Crippen LogP contribution < -0.4 is 5.19 Å². The second-order valence-corrected chi connectivity index (χ2v) is 11.5. The molecule has 0 atom stereocenters. The van der Waals surface area contributed by atoms with Gasteiger partial charge in [-0.25, -0.2) is 4.98 Å². The number of hydrogen-bond acceptors (Lipinski definition) is 2. The summed E-state index contributed by atoms with van der Waals surface area (Å²) in [5.41, 5.74) is 3.96. The molecule has 0 saturated heterocycles. The number of benzene rings is 1. The van der Waals surface area contributed by atoms with E-state index in [2.05, 4.69) is 48.9 Å². The van der Waals surface area contributed by atoms with Crippen molar-refractivity contribution in [2.24, 2.45) is 0 Å². The van der Waals surface area contributed by atoms with E-state index in [-0.39, 0.29) is 0 Å². The van der Waals surface area contributed by atoms with E-state index >= 15 is 0 Å². The molecular weight excluding hydrogens is 284 g/mol. The minimum atomic E-state index is -1.30. The van der Waals surface area contributed by atoms with Gasteiger partial charge < -0.3 is 0 Å². The monoisotopic (exact) mass is 304 g/mol. The molecule has 0 aliphatic heterocycles. The molecule has 0 spiro atoms. The van der Waals surface area contributed by atoms with E-state index in [1.165, 1.54) is 5.19 Å². The average molecular weight is 304 g/mol. The standard InChI is InChI=1S/C19H20N2Si/c1-22(2,3)16-12-13-18(20-14-16)19-11-7-10-17(21-19)15-8-5-4-6-9-15/h4-14H,1-3H3. The van der Waals surface area contributed by atoms with Gasteiger partial charge in [0.1, 0.15) is 0 Å². The van der Waals surface area contributed by atoms with Gasteiger partial charge in [0.25, 0.3) is 0 Å². The largest absolute Gasteiger partial charge is 0.255 e. The van der Waals surface area contributed by atoms with Gasteiger partial charge in [-0.2, -0.15) is 0 Å². The Balaban J connectivity index is 1.96. The molecule has 0 amide bonds. The van der Waals surface area contributed by atoms with Crippen molar-refractivity contribution in [1.82, 2.24) is 9.97 Å². The van der Waals surface area contributed by atoms with Crippen LogP contribution in [0.15, 0.2) is 66.9 Å². The zero-order valence-electron chi connectivity index (χ0n) is 13.2. The van der Waals surface area contributed by atoms with Gasteiger partial charge >= 0.3 is 0 Å². The van der Waals surface area contributed by atoms with Gasteiger partial charge in [0, 0.05) is 11.8 Å². The van der Waals surface area contributed by atoms with Crippen molar-refractivity contribution < 1.29 is 0 Å². The molecule has 0 bridgehead atoms. The quantitative estimate of drug-likeness (QED) is 0.672. The molecular formula is C19H20N2Si. The molecule has 3 aromatic rings. The van der Waals surface area contributed by atoms with Crippen molar-refractivity contribution in [2.45, 2.75) is 19.6 Å². The van der Waals surface area contributed by atoms with E-state index in [1.807, 2.05) is 42.6 Å². The van der Waals surface area contributed by atoms with Crippen LogP contribution in [0.3, 0.4) is 0 Å². The highest BCUT2D eigenvalue weighted by atomic mass is 28.3. The Morgan fingerprint density at radius 2 is 1.41 bits per heavy atom. The van der Waals surface area contributed by atoms with Gasteiger partial charge in [-0.1, -0.05) is 62.1 Å². The smallest absolute Gasteiger partial charge is 0.0893 e. The summed E-state index contributed by atoms with van der Waals surface area (Å²) in [6.45, 7) is 6.99. The predicted octanol–water partition coefficient (Wildman–Crippen LogP) is 4.36. The molecule has 0 fully saturated rings. The van der Waals surface area contributed by atoms with Gasteiger partial charge in [-0.05, 0) is 23.4 Å². The summed E-state index contributed by atoms with van der Waals surface area (Å²) in [4.78, 5) is 9.38. The van der Waals surface area contributed by atoms with Gasteiger partial charge in [-0.3, -0.25) is 4.98 Å². The van der Waals surface area contributed by atoms with Crippen LogP contribution in [0.4, 0.5) is 0 Å². The molecule has 3 heteroatoms. The topological polar surface area (TPSA) is 25.8 Å². The van der Waals surface area contributed by atoms with Crippen LogP contribution in [0.1, 0.15) is 0 Å². The molecule has 3 rings (SSSR count). The SMILES string of the molecule is C[Si](C)(C)c1ccc(-c2cccc(-c3ccccc3)n2)nc1. The van der Waals surface area contributed by atoms with Crippen LogP contribution in [-0.2, 0) is 0 Å². The molecule has 110 valence electrons. The first-order chi connectivity index (χ1) is 10.5. The van der Waals surface area contributed by atoms with Gasteiger partial charge in [-0.15, -0.1) is 0 Å². The molecule has 1 aromatic carbocycles. The molecule has 0 radical (unpaired) electrons. The number of nitrogens with zero attached hydrogens (tertiary/aromatic N) is 2. The third kappa shape index (κ3) is 3.15. The molecule has 0 unspecified atom stereocenters. The van der Waals surface area contributed by atoms with Gasteiger partial charge in [0.2, 0.25) is 0 Å². The maximum Gasteiger partial charge on any atom is 0.0893 e. The maximum atomic E-state index is 4.75. The normalized spacial score (nSPS) is 11.4. The van der Waals surface area contributed by atoms with Crippen molar-refractivity contribution in [2.75, 3.05) is 0 Å². The van der Waals surface area contributed by atoms with Crippen molar-refractivity contribution in [3.05, 3.63) is 66.9 Å². The first kappa shape index (κ1) is 14.7. The minimum Gasteiger partial charge on any atom is -0.255 e. The molecule has 2 aromatic heterocycles. The Morgan fingerprint density at radius 3 is 2.05 bits per heavy atom. The molecule has 0 aliphatic rings. The molecule has 0 aliphatic carbocycles. The molecule has 0 saturated carbocycles. The van der Waals surface area contributed by atoms with Crippen LogP contribution in [0.25, 0.3) is 22.6 Å². The summed E-state index contributed by atoms with van der Waals surface area (Å²) in [5.74, 6) is 0. The van der Waals surface area contributed by atoms with Crippen LogP contribution in [0.2, 0.25) is 19.6 Å². The van der Waals surface area contributed by atoms with Crippen LogP contribution in [0, 0.1) is 0 Å². The summed E-state index contributed by atoms with van der Waals surface area (Å²) in [5, 5.41) is 1.37. The van der Waals surface area contributed by atoms with E-state index in [4.69, 9.17) is 4.98 Å². The van der Waals surface area contributed by atoms with E-state index < -0.39 is 8.07 Å². The van der Waals surface area contributed by atoms with E-state index in [0.29, 0.717) is 0 Å². The van der Waals surface area contributed by atoms with E-state index in [1.54, 1.807) is 0 Å². The Morgan fingerprint density at radius 1 is 0.682 bits per heavy atom. The highest BCUT2D eigenvalue weighted by Gasteiger charge is 2.16. The lowest BCUT2D eigenvalue weighted by molar-refractivity contribution is 1.25. The van der Waals surface area contributed by atoms with Crippen LogP contribution in [-0.4, -0.2) is 18.0 Å². The summed E-state index contributed by atoms with van der Waals surface area (Å²) >= 11 is 0. The molecule has 22 heavy (non-hydrogen) atoms. The first-order valence-electron chi connectivity index (χ1n) is 7.53. The lowest BCUT2D eigenvalue weighted by atomic mass is 10.1. The van der Waals surface area contributed by atoms with E-state index in [9.17, 15) is 0 Å². The van der Waals surface area contributed by atoms with Gasteiger partial charge in [0.05, 0.1) is 25.2 Å². The minimum absolute atomic E-state index is 0.920. The summed E-state index contributed by atoms with van der Waals surface area (Å²) in [6.07, 6.45) is 2.01. The lowest BCUT2D eigenvalue weighted by Crippen LogP contribution is -2.37. The zero-order chi connectivity index (χ0) is 15.6. The molecule has 0 N–H and O–H groups in total. The van der Waals surface area contributed by atoms with Crippen molar-refractivity contribution >= 4 is 13.3 Å². The fraction of sp³-hybridized carbons (Fsp3) is 0.158. The third-order valence-electron chi connectivity index (χ3n) is 3.71. The first-order valence-corrected chi connectivity index (χ1v) is 11.0. The number of aromatic nitrogens is 2. The Labute approximate surface area is 132 Å². The summed E-state index contributed by atoms with van der Waals surface area (Å²) in [6, 6.07) is 20.6. The maximum absolute atomic E-state index is 4.75. The van der Waals surface area contributed by atoms with Crippen molar-refractivity contribution in [3.8, 4) is 22.6 Å².